The highest BCUT2D eigenvalue weighted by Crippen LogP contribution is 2.28. The molecule has 1 aromatic carbocycles. The Balaban J connectivity index is 2.37. The van der Waals surface area contributed by atoms with Crippen molar-refractivity contribution in [2.75, 3.05) is 12.3 Å². The van der Waals surface area contributed by atoms with Crippen LogP contribution >= 0.6 is 0 Å². The number of hydrogen-bond acceptors (Lipinski definition) is 5. The molecule has 0 aliphatic carbocycles. The van der Waals surface area contributed by atoms with Gasteiger partial charge in [0.15, 0.2) is 5.82 Å². The Morgan fingerprint density at radius 3 is 2.79 bits per heavy atom. The summed E-state index contributed by atoms with van der Waals surface area (Å²) in [6, 6.07) is 5.86. The van der Waals surface area contributed by atoms with Gasteiger partial charge in [0.05, 0.1) is 18.3 Å². The highest BCUT2D eigenvalue weighted by molar-refractivity contribution is 5.66. The molecule has 1 atom stereocenters. The zero-order chi connectivity index (χ0) is 13.8. The minimum absolute atomic E-state index is 0.248. The lowest BCUT2D eigenvalue weighted by molar-refractivity contribution is 0.342. The summed E-state index contributed by atoms with van der Waals surface area (Å²) in [5.74, 6) is 1.41. The molecule has 0 saturated carbocycles. The summed E-state index contributed by atoms with van der Waals surface area (Å²) in [7, 11) is 0. The number of rotatable bonds is 5. The number of hydrogen-bond donors (Lipinski definition) is 1. The number of tetrazole rings is 1. The summed E-state index contributed by atoms with van der Waals surface area (Å²) in [5.41, 5.74) is 7.46. The summed E-state index contributed by atoms with van der Waals surface area (Å²) < 4.78 is 7.24. The second kappa shape index (κ2) is 5.69. The maximum Gasteiger partial charge on any atom is 0.182 e. The van der Waals surface area contributed by atoms with Crippen molar-refractivity contribution in [1.82, 2.24) is 20.2 Å². The first-order chi connectivity index (χ1) is 9.17. The Bertz CT molecular complexity index is 552. The van der Waals surface area contributed by atoms with Crippen LogP contribution in [0.4, 0.5) is 5.69 Å². The van der Waals surface area contributed by atoms with E-state index in [-0.39, 0.29) is 6.04 Å². The van der Waals surface area contributed by atoms with E-state index in [1.807, 2.05) is 29.8 Å². The topological polar surface area (TPSA) is 78.9 Å². The highest BCUT2D eigenvalue weighted by atomic mass is 16.5. The van der Waals surface area contributed by atoms with E-state index in [0.717, 1.165) is 17.8 Å². The van der Waals surface area contributed by atoms with E-state index < -0.39 is 0 Å². The molecule has 2 rings (SSSR count). The van der Waals surface area contributed by atoms with Crippen molar-refractivity contribution in [1.29, 1.82) is 0 Å². The molecule has 0 amide bonds. The van der Waals surface area contributed by atoms with Crippen LogP contribution in [0.3, 0.4) is 0 Å². The fraction of sp³-hybridized carbons (Fsp3) is 0.462. The third-order valence-electron chi connectivity index (χ3n) is 3.07. The van der Waals surface area contributed by atoms with Gasteiger partial charge in [-0.2, -0.15) is 0 Å². The molecule has 1 heterocycles. The van der Waals surface area contributed by atoms with E-state index in [9.17, 15) is 0 Å². The van der Waals surface area contributed by atoms with Crippen LogP contribution in [-0.4, -0.2) is 26.8 Å². The molecule has 0 spiro atoms. The SMILES string of the molecule is CCOc1ccc(-c2nnnn2C(C)CC)cc1N. The van der Waals surface area contributed by atoms with Gasteiger partial charge in [0.2, 0.25) is 0 Å². The van der Waals surface area contributed by atoms with Crippen molar-refractivity contribution >= 4 is 5.69 Å². The first-order valence-electron chi connectivity index (χ1n) is 6.47. The second-order valence-electron chi connectivity index (χ2n) is 4.39. The van der Waals surface area contributed by atoms with E-state index in [0.29, 0.717) is 18.0 Å². The summed E-state index contributed by atoms with van der Waals surface area (Å²) in [6.45, 7) is 6.70. The molecule has 2 N–H and O–H groups in total. The average Bonchev–Trinajstić information content (AvgIpc) is 2.89. The minimum atomic E-state index is 0.248. The van der Waals surface area contributed by atoms with Gasteiger partial charge >= 0.3 is 0 Å². The average molecular weight is 261 g/mol. The van der Waals surface area contributed by atoms with Gasteiger partial charge in [-0.25, -0.2) is 4.68 Å². The third-order valence-corrected chi connectivity index (χ3v) is 3.07. The molecule has 102 valence electrons. The molecule has 6 heteroatoms. The van der Waals surface area contributed by atoms with Crippen LogP contribution in [0.5, 0.6) is 5.75 Å². The summed E-state index contributed by atoms with van der Waals surface area (Å²) in [5, 5.41) is 11.9. The number of nitrogens with zero attached hydrogens (tertiary/aromatic N) is 4. The molecule has 1 aromatic heterocycles. The molecular weight excluding hydrogens is 242 g/mol. The van der Waals surface area contributed by atoms with Gasteiger partial charge < -0.3 is 10.5 Å². The fourth-order valence-electron chi connectivity index (χ4n) is 1.83. The summed E-state index contributed by atoms with van der Waals surface area (Å²) >= 11 is 0. The monoisotopic (exact) mass is 261 g/mol. The molecule has 0 saturated heterocycles. The highest BCUT2D eigenvalue weighted by Gasteiger charge is 2.14. The maximum atomic E-state index is 5.97. The van der Waals surface area contributed by atoms with Gasteiger partial charge in [-0.15, -0.1) is 5.10 Å². The van der Waals surface area contributed by atoms with Crippen LogP contribution in [0.2, 0.25) is 0 Å². The molecule has 6 nitrogen and oxygen atoms in total. The van der Waals surface area contributed by atoms with E-state index in [4.69, 9.17) is 10.5 Å². The van der Waals surface area contributed by atoms with Gasteiger partial charge in [-0.05, 0) is 48.9 Å². The number of ether oxygens (including phenoxy) is 1. The normalized spacial score (nSPS) is 12.4. The molecule has 19 heavy (non-hydrogen) atoms. The van der Waals surface area contributed by atoms with Crippen LogP contribution in [0.15, 0.2) is 18.2 Å². The smallest absolute Gasteiger partial charge is 0.182 e. The Hall–Kier alpha value is -2.11. The van der Waals surface area contributed by atoms with Gasteiger partial charge in [0.25, 0.3) is 0 Å². The van der Waals surface area contributed by atoms with Gasteiger partial charge in [0.1, 0.15) is 5.75 Å². The number of aromatic nitrogens is 4. The largest absolute Gasteiger partial charge is 0.492 e. The van der Waals surface area contributed by atoms with E-state index in [2.05, 4.69) is 29.4 Å². The maximum absolute atomic E-state index is 5.97. The molecule has 0 aliphatic rings. The van der Waals surface area contributed by atoms with Crippen LogP contribution in [-0.2, 0) is 0 Å². The van der Waals surface area contributed by atoms with E-state index in [1.165, 1.54) is 0 Å². The summed E-state index contributed by atoms with van der Waals surface area (Å²) in [4.78, 5) is 0. The Kier molecular flexibility index (Phi) is 3.99. The predicted octanol–water partition coefficient (Wildman–Crippen LogP) is 2.29. The molecule has 0 fully saturated rings. The quantitative estimate of drug-likeness (QED) is 0.835. The van der Waals surface area contributed by atoms with Gasteiger partial charge in [0, 0.05) is 5.56 Å². The number of anilines is 1. The van der Waals surface area contributed by atoms with Crippen molar-refractivity contribution in [3.05, 3.63) is 18.2 Å². The molecule has 0 bridgehead atoms. The van der Waals surface area contributed by atoms with Crippen LogP contribution in [0.25, 0.3) is 11.4 Å². The van der Waals surface area contributed by atoms with Gasteiger partial charge in [-0.3, -0.25) is 0 Å². The second-order valence-corrected chi connectivity index (χ2v) is 4.39. The first-order valence-corrected chi connectivity index (χ1v) is 6.47. The van der Waals surface area contributed by atoms with Crippen molar-refractivity contribution in [2.45, 2.75) is 33.2 Å². The third kappa shape index (κ3) is 2.67. The molecule has 0 aliphatic heterocycles. The number of nitrogen functional groups attached to an aromatic ring is 1. The zero-order valence-corrected chi connectivity index (χ0v) is 11.5. The number of benzene rings is 1. The lowest BCUT2D eigenvalue weighted by atomic mass is 10.1. The first kappa shape index (κ1) is 13.3. The molecule has 0 radical (unpaired) electrons. The van der Waals surface area contributed by atoms with Crippen molar-refractivity contribution in [3.63, 3.8) is 0 Å². The lowest BCUT2D eigenvalue weighted by Crippen LogP contribution is -2.08. The van der Waals surface area contributed by atoms with E-state index in [1.54, 1.807) is 0 Å². The Labute approximate surface area is 112 Å². The van der Waals surface area contributed by atoms with Crippen molar-refractivity contribution in [3.8, 4) is 17.1 Å². The van der Waals surface area contributed by atoms with Crippen molar-refractivity contribution < 1.29 is 4.74 Å². The van der Waals surface area contributed by atoms with Crippen molar-refractivity contribution in [2.24, 2.45) is 0 Å². The molecule has 2 aromatic rings. The fourth-order valence-corrected chi connectivity index (χ4v) is 1.83. The van der Waals surface area contributed by atoms with Crippen LogP contribution in [0.1, 0.15) is 33.2 Å². The number of nitrogens with two attached hydrogens (primary N) is 1. The zero-order valence-electron chi connectivity index (χ0n) is 11.5. The Morgan fingerprint density at radius 1 is 1.37 bits per heavy atom. The molecule has 1 unspecified atom stereocenters. The van der Waals surface area contributed by atoms with Gasteiger partial charge in [-0.1, -0.05) is 6.92 Å². The standard InChI is InChI=1S/C13H19N5O/c1-4-9(3)18-13(15-16-17-18)10-6-7-12(19-5-2)11(14)8-10/h6-9H,4-5,14H2,1-3H3. The molecular formula is C13H19N5O. The van der Waals surface area contributed by atoms with Crippen LogP contribution < -0.4 is 10.5 Å². The Morgan fingerprint density at radius 2 is 2.16 bits per heavy atom. The van der Waals surface area contributed by atoms with Crippen LogP contribution in [0, 0.1) is 0 Å². The minimum Gasteiger partial charge on any atom is -0.492 e. The lowest BCUT2D eigenvalue weighted by Gasteiger charge is -2.12. The summed E-state index contributed by atoms with van der Waals surface area (Å²) in [6.07, 6.45) is 0.963. The predicted molar refractivity (Wildman–Crippen MR) is 73.8 cm³/mol. The van der Waals surface area contributed by atoms with E-state index >= 15 is 0 Å².